The number of likely N-dealkylation sites (tertiary alicyclic amines) is 1. The third kappa shape index (κ3) is 6.37. The first-order valence-electron chi connectivity index (χ1n) is 9.27. The normalized spacial score (nSPS) is 16.8. The molecule has 2 aromatic rings. The van der Waals surface area contributed by atoms with Crippen molar-refractivity contribution in [2.75, 3.05) is 19.7 Å². The van der Waals surface area contributed by atoms with E-state index in [0.29, 0.717) is 6.04 Å². The number of para-hydroxylation sites is 1. The lowest BCUT2D eigenvalue weighted by Gasteiger charge is -2.36. The summed E-state index contributed by atoms with van der Waals surface area (Å²) in [5, 5.41) is 0. The van der Waals surface area contributed by atoms with Crippen LogP contribution in [0.4, 0.5) is 0 Å². The Kier molecular flexibility index (Phi) is 8.30. The Hall–Kier alpha value is -1.51. The van der Waals surface area contributed by atoms with Gasteiger partial charge in [0.15, 0.2) is 0 Å². The van der Waals surface area contributed by atoms with Gasteiger partial charge in [0.05, 0.1) is 6.61 Å². The van der Waals surface area contributed by atoms with Gasteiger partial charge in [0.25, 0.3) is 0 Å². The number of hydrogen-bond donors (Lipinski definition) is 0. The van der Waals surface area contributed by atoms with Gasteiger partial charge in [0.1, 0.15) is 5.75 Å². The number of rotatable bonds is 7. The lowest BCUT2D eigenvalue weighted by atomic mass is 9.89. The summed E-state index contributed by atoms with van der Waals surface area (Å²) in [6, 6.07) is 21.7. The maximum atomic E-state index is 5.84. The minimum Gasteiger partial charge on any atom is -0.494 e. The molecule has 1 heterocycles. The van der Waals surface area contributed by atoms with Gasteiger partial charge in [-0.05, 0) is 69.3 Å². The first-order chi connectivity index (χ1) is 11.8. The molecule has 0 N–H and O–H groups in total. The topological polar surface area (TPSA) is 12.5 Å². The number of benzene rings is 2. The van der Waals surface area contributed by atoms with Gasteiger partial charge in [-0.3, -0.25) is 0 Å². The van der Waals surface area contributed by atoms with Gasteiger partial charge in [-0.15, -0.1) is 12.4 Å². The van der Waals surface area contributed by atoms with Crippen LogP contribution in [0, 0.1) is 5.92 Å². The van der Waals surface area contributed by atoms with Gasteiger partial charge in [-0.25, -0.2) is 0 Å². The van der Waals surface area contributed by atoms with E-state index in [-0.39, 0.29) is 12.4 Å². The molecule has 0 aromatic heterocycles. The van der Waals surface area contributed by atoms with E-state index in [1.54, 1.807) is 0 Å². The lowest BCUT2D eigenvalue weighted by Crippen LogP contribution is -2.41. The number of nitrogens with zero attached hydrogens (tertiary/aromatic N) is 1. The van der Waals surface area contributed by atoms with E-state index in [1.165, 1.54) is 37.9 Å². The largest absolute Gasteiger partial charge is 0.494 e. The van der Waals surface area contributed by atoms with Crippen LogP contribution in [-0.4, -0.2) is 30.6 Å². The molecule has 0 spiro atoms. The van der Waals surface area contributed by atoms with E-state index in [0.717, 1.165) is 24.7 Å². The number of ether oxygens (including phenoxy) is 1. The molecule has 136 valence electrons. The molecule has 2 aromatic carbocycles. The van der Waals surface area contributed by atoms with Gasteiger partial charge in [0, 0.05) is 6.04 Å². The first-order valence-corrected chi connectivity index (χ1v) is 9.27. The molecule has 1 saturated heterocycles. The molecule has 1 fully saturated rings. The fourth-order valence-electron chi connectivity index (χ4n) is 3.59. The Morgan fingerprint density at radius 3 is 2.20 bits per heavy atom. The summed E-state index contributed by atoms with van der Waals surface area (Å²) in [5.74, 6) is 1.82. The Bertz CT molecular complexity index is 581. The maximum Gasteiger partial charge on any atom is 0.119 e. The molecule has 1 unspecified atom stereocenters. The summed E-state index contributed by atoms with van der Waals surface area (Å²) in [5.41, 5.74) is 1.49. The van der Waals surface area contributed by atoms with Crippen molar-refractivity contribution in [3.8, 4) is 5.75 Å². The van der Waals surface area contributed by atoms with E-state index in [4.69, 9.17) is 4.74 Å². The number of halogens is 1. The van der Waals surface area contributed by atoms with Crippen LogP contribution in [0.25, 0.3) is 0 Å². The van der Waals surface area contributed by atoms with Gasteiger partial charge >= 0.3 is 0 Å². The quantitative estimate of drug-likeness (QED) is 0.671. The molecule has 3 heteroatoms. The summed E-state index contributed by atoms with van der Waals surface area (Å²) in [7, 11) is 0. The Balaban J connectivity index is 0.00000225. The highest BCUT2D eigenvalue weighted by atomic mass is 35.5. The third-order valence-electron chi connectivity index (χ3n) is 5.19. The summed E-state index contributed by atoms with van der Waals surface area (Å²) in [6.45, 7) is 5.59. The Labute approximate surface area is 158 Å². The second-order valence-corrected chi connectivity index (χ2v) is 6.97. The van der Waals surface area contributed by atoms with Crippen molar-refractivity contribution in [2.24, 2.45) is 5.92 Å². The number of piperidine rings is 1. The monoisotopic (exact) mass is 359 g/mol. The van der Waals surface area contributed by atoms with Crippen molar-refractivity contribution in [1.82, 2.24) is 4.90 Å². The minimum absolute atomic E-state index is 0. The second kappa shape index (κ2) is 10.5. The summed E-state index contributed by atoms with van der Waals surface area (Å²) in [4.78, 5) is 2.63. The molecule has 1 aliphatic heterocycles. The van der Waals surface area contributed by atoms with Crippen molar-refractivity contribution >= 4 is 12.4 Å². The zero-order valence-corrected chi connectivity index (χ0v) is 16.0. The van der Waals surface area contributed by atoms with Crippen LogP contribution in [0.5, 0.6) is 5.75 Å². The predicted molar refractivity (Wildman–Crippen MR) is 108 cm³/mol. The molecule has 0 radical (unpaired) electrons. The van der Waals surface area contributed by atoms with Crippen LogP contribution in [-0.2, 0) is 6.42 Å². The van der Waals surface area contributed by atoms with Gasteiger partial charge < -0.3 is 9.64 Å². The highest BCUT2D eigenvalue weighted by Gasteiger charge is 2.22. The summed E-state index contributed by atoms with van der Waals surface area (Å²) < 4.78 is 5.84. The van der Waals surface area contributed by atoms with E-state index < -0.39 is 0 Å². The minimum atomic E-state index is 0. The molecular weight excluding hydrogens is 330 g/mol. The van der Waals surface area contributed by atoms with E-state index in [2.05, 4.69) is 42.2 Å². The highest BCUT2D eigenvalue weighted by Crippen LogP contribution is 2.23. The molecule has 0 amide bonds. The van der Waals surface area contributed by atoms with Crippen molar-refractivity contribution in [1.29, 1.82) is 0 Å². The standard InChI is InChI=1S/C22H29NO.ClH/c1-19(14-17-24-22-10-6-3-7-11-22)23-15-12-21(13-16-23)18-20-8-4-2-5-9-20;/h2-11,19,21H,12-18H2,1H3;1H. The third-order valence-corrected chi connectivity index (χ3v) is 5.19. The zero-order chi connectivity index (χ0) is 16.6. The van der Waals surface area contributed by atoms with Crippen LogP contribution < -0.4 is 4.74 Å². The van der Waals surface area contributed by atoms with Crippen molar-refractivity contribution in [3.63, 3.8) is 0 Å². The van der Waals surface area contributed by atoms with Gasteiger partial charge in [-0.1, -0.05) is 48.5 Å². The molecule has 3 rings (SSSR count). The smallest absolute Gasteiger partial charge is 0.119 e. The fraction of sp³-hybridized carbons (Fsp3) is 0.455. The molecule has 0 saturated carbocycles. The van der Waals surface area contributed by atoms with Crippen molar-refractivity contribution in [2.45, 2.75) is 38.6 Å². The average Bonchev–Trinajstić information content (AvgIpc) is 2.64. The molecule has 0 aliphatic carbocycles. The van der Waals surface area contributed by atoms with E-state index in [9.17, 15) is 0 Å². The van der Waals surface area contributed by atoms with Crippen LogP contribution in [0.15, 0.2) is 60.7 Å². The molecule has 1 aliphatic rings. The first kappa shape index (κ1) is 19.8. The highest BCUT2D eigenvalue weighted by molar-refractivity contribution is 5.85. The summed E-state index contributed by atoms with van der Waals surface area (Å²) >= 11 is 0. The summed E-state index contributed by atoms with van der Waals surface area (Å²) in [6.07, 6.45) is 4.97. The molecule has 25 heavy (non-hydrogen) atoms. The van der Waals surface area contributed by atoms with Crippen LogP contribution in [0.2, 0.25) is 0 Å². The van der Waals surface area contributed by atoms with E-state index in [1.807, 2.05) is 30.3 Å². The van der Waals surface area contributed by atoms with E-state index >= 15 is 0 Å². The van der Waals surface area contributed by atoms with Crippen LogP contribution >= 0.6 is 12.4 Å². The van der Waals surface area contributed by atoms with Crippen LogP contribution in [0.3, 0.4) is 0 Å². The molecule has 2 nitrogen and oxygen atoms in total. The van der Waals surface area contributed by atoms with Crippen LogP contribution in [0.1, 0.15) is 31.7 Å². The molecule has 1 atom stereocenters. The predicted octanol–water partition coefficient (Wildman–Crippen LogP) is 5.22. The fourth-order valence-corrected chi connectivity index (χ4v) is 3.59. The molecular formula is C22H30ClNO. The maximum absolute atomic E-state index is 5.84. The van der Waals surface area contributed by atoms with Crippen molar-refractivity contribution in [3.05, 3.63) is 66.2 Å². The van der Waals surface area contributed by atoms with Gasteiger partial charge in [-0.2, -0.15) is 0 Å². The lowest BCUT2D eigenvalue weighted by molar-refractivity contribution is 0.123. The Morgan fingerprint density at radius 2 is 1.56 bits per heavy atom. The SMILES string of the molecule is CC(CCOc1ccccc1)N1CCC(Cc2ccccc2)CC1.Cl. The Morgan fingerprint density at radius 1 is 0.960 bits per heavy atom. The second-order valence-electron chi connectivity index (χ2n) is 6.97. The van der Waals surface area contributed by atoms with Gasteiger partial charge in [0.2, 0.25) is 0 Å². The zero-order valence-electron chi connectivity index (χ0n) is 15.1. The average molecular weight is 360 g/mol. The molecule has 0 bridgehead atoms. The number of hydrogen-bond acceptors (Lipinski definition) is 2. The van der Waals surface area contributed by atoms with Crippen molar-refractivity contribution < 1.29 is 4.74 Å².